The molecule has 1 aliphatic rings. The van der Waals surface area contributed by atoms with Crippen LogP contribution in [0.1, 0.15) is 44.6 Å². The van der Waals surface area contributed by atoms with Gasteiger partial charge in [-0.05, 0) is 50.2 Å². The molecule has 0 heterocycles. The first-order chi connectivity index (χ1) is 9.24. The summed E-state index contributed by atoms with van der Waals surface area (Å²) in [6.45, 7) is 2.11. The molecule has 1 unspecified atom stereocenters. The first kappa shape index (κ1) is 14.2. The van der Waals surface area contributed by atoms with Gasteiger partial charge in [0.1, 0.15) is 0 Å². The van der Waals surface area contributed by atoms with E-state index in [0.29, 0.717) is 6.10 Å². The minimum atomic E-state index is 0.179. The van der Waals surface area contributed by atoms with Crippen LogP contribution in [0, 0.1) is 0 Å². The van der Waals surface area contributed by atoms with Gasteiger partial charge in [-0.3, -0.25) is 0 Å². The maximum absolute atomic E-state index is 6.19. The number of ether oxygens (including phenoxy) is 2. The number of hydrogen-bond acceptors (Lipinski definition) is 3. The summed E-state index contributed by atoms with van der Waals surface area (Å²) >= 11 is 0. The van der Waals surface area contributed by atoms with Crippen LogP contribution in [0.3, 0.4) is 0 Å². The van der Waals surface area contributed by atoms with Crippen molar-refractivity contribution in [3.63, 3.8) is 0 Å². The van der Waals surface area contributed by atoms with Crippen molar-refractivity contribution in [1.82, 2.24) is 0 Å². The van der Waals surface area contributed by atoms with Crippen molar-refractivity contribution < 1.29 is 9.47 Å². The van der Waals surface area contributed by atoms with Crippen LogP contribution in [0.4, 0.5) is 0 Å². The molecular formula is C16H25NO2. The number of methoxy groups -OCH3 is 1. The van der Waals surface area contributed by atoms with E-state index in [1.807, 2.05) is 12.1 Å². The molecule has 1 atom stereocenters. The SMILES string of the molecule is CCC(N)Cc1cccc(OC)c1OC1CCCC1. The molecule has 0 bridgehead atoms. The Labute approximate surface area is 116 Å². The molecule has 1 aromatic carbocycles. The Balaban J connectivity index is 2.20. The van der Waals surface area contributed by atoms with Gasteiger partial charge in [-0.1, -0.05) is 19.1 Å². The fourth-order valence-electron chi connectivity index (χ4n) is 2.62. The van der Waals surface area contributed by atoms with Gasteiger partial charge in [0.15, 0.2) is 11.5 Å². The van der Waals surface area contributed by atoms with Crippen LogP contribution in [-0.4, -0.2) is 19.3 Å². The summed E-state index contributed by atoms with van der Waals surface area (Å²) in [6, 6.07) is 6.25. The Morgan fingerprint density at radius 3 is 2.68 bits per heavy atom. The van der Waals surface area contributed by atoms with Crippen LogP contribution in [-0.2, 0) is 6.42 Å². The Hall–Kier alpha value is -1.22. The average molecular weight is 263 g/mol. The topological polar surface area (TPSA) is 44.5 Å². The summed E-state index contributed by atoms with van der Waals surface area (Å²) in [5.74, 6) is 1.73. The van der Waals surface area contributed by atoms with Crippen LogP contribution < -0.4 is 15.2 Å². The number of hydrogen-bond donors (Lipinski definition) is 1. The average Bonchev–Trinajstić information content (AvgIpc) is 2.93. The second-order valence-corrected chi connectivity index (χ2v) is 5.35. The molecule has 3 heteroatoms. The Bertz CT molecular complexity index is 400. The van der Waals surface area contributed by atoms with E-state index < -0.39 is 0 Å². The molecule has 0 aromatic heterocycles. The molecule has 2 rings (SSSR count). The van der Waals surface area contributed by atoms with E-state index in [2.05, 4.69) is 13.0 Å². The minimum Gasteiger partial charge on any atom is -0.493 e. The van der Waals surface area contributed by atoms with Gasteiger partial charge >= 0.3 is 0 Å². The molecule has 106 valence electrons. The lowest BCUT2D eigenvalue weighted by molar-refractivity contribution is 0.198. The number of nitrogens with two attached hydrogens (primary N) is 1. The predicted octanol–water partition coefficient (Wildman–Crippen LogP) is 3.30. The van der Waals surface area contributed by atoms with Gasteiger partial charge in [-0.15, -0.1) is 0 Å². The lowest BCUT2D eigenvalue weighted by Gasteiger charge is -2.20. The van der Waals surface area contributed by atoms with E-state index in [1.165, 1.54) is 18.4 Å². The molecule has 3 nitrogen and oxygen atoms in total. The highest BCUT2D eigenvalue weighted by Crippen LogP contribution is 2.35. The largest absolute Gasteiger partial charge is 0.493 e. The number of para-hydroxylation sites is 1. The fraction of sp³-hybridized carbons (Fsp3) is 0.625. The highest BCUT2D eigenvalue weighted by Gasteiger charge is 2.21. The molecule has 1 aromatic rings. The Morgan fingerprint density at radius 2 is 2.05 bits per heavy atom. The van der Waals surface area contributed by atoms with Crippen LogP contribution in [0.2, 0.25) is 0 Å². The molecule has 2 N–H and O–H groups in total. The van der Waals surface area contributed by atoms with E-state index in [0.717, 1.165) is 37.2 Å². The van der Waals surface area contributed by atoms with Gasteiger partial charge in [0.25, 0.3) is 0 Å². The molecule has 0 saturated heterocycles. The van der Waals surface area contributed by atoms with Gasteiger partial charge in [0, 0.05) is 6.04 Å². The van der Waals surface area contributed by atoms with Crippen molar-refractivity contribution in [2.45, 2.75) is 57.6 Å². The smallest absolute Gasteiger partial charge is 0.164 e. The van der Waals surface area contributed by atoms with E-state index >= 15 is 0 Å². The summed E-state index contributed by atoms with van der Waals surface area (Å²) in [4.78, 5) is 0. The molecule has 0 spiro atoms. The van der Waals surface area contributed by atoms with Crippen LogP contribution in [0.5, 0.6) is 11.5 Å². The zero-order valence-electron chi connectivity index (χ0n) is 12.0. The second-order valence-electron chi connectivity index (χ2n) is 5.35. The molecule has 0 amide bonds. The van der Waals surface area contributed by atoms with E-state index in [1.54, 1.807) is 7.11 Å². The molecule has 1 fully saturated rings. The van der Waals surface area contributed by atoms with Crippen LogP contribution in [0.15, 0.2) is 18.2 Å². The predicted molar refractivity (Wildman–Crippen MR) is 77.8 cm³/mol. The lowest BCUT2D eigenvalue weighted by atomic mass is 10.0. The second kappa shape index (κ2) is 6.80. The third kappa shape index (κ3) is 3.63. The third-order valence-corrected chi connectivity index (χ3v) is 3.87. The van der Waals surface area contributed by atoms with E-state index in [9.17, 15) is 0 Å². The summed E-state index contributed by atoms with van der Waals surface area (Å²) in [5.41, 5.74) is 7.24. The van der Waals surface area contributed by atoms with E-state index in [4.69, 9.17) is 15.2 Å². The van der Waals surface area contributed by atoms with Crippen LogP contribution in [0.25, 0.3) is 0 Å². The first-order valence-electron chi connectivity index (χ1n) is 7.32. The number of rotatable bonds is 6. The van der Waals surface area contributed by atoms with Gasteiger partial charge in [0.2, 0.25) is 0 Å². The molecule has 19 heavy (non-hydrogen) atoms. The zero-order valence-corrected chi connectivity index (χ0v) is 12.0. The highest BCUT2D eigenvalue weighted by atomic mass is 16.5. The van der Waals surface area contributed by atoms with E-state index in [-0.39, 0.29) is 6.04 Å². The maximum Gasteiger partial charge on any atom is 0.164 e. The Morgan fingerprint density at radius 1 is 1.32 bits per heavy atom. The van der Waals surface area contributed by atoms with Crippen LogP contribution >= 0.6 is 0 Å². The number of benzene rings is 1. The summed E-state index contributed by atoms with van der Waals surface area (Å²) in [5, 5.41) is 0. The standard InChI is InChI=1S/C16H25NO2/c1-3-13(17)11-12-7-6-10-15(18-2)16(12)19-14-8-4-5-9-14/h6-7,10,13-14H,3-5,8-9,11,17H2,1-2H3. The normalized spacial score (nSPS) is 17.4. The monoisotopic (exact) mass is 263 g/mol. The van der Waals surface area contributed by atoms with Crippen molar-refractivity contribution in [2.75, 3.05) is 7.11 Å². The molecule has 1 aliphatic carbocycles. The fourth-order valence-corrected chi connectivity index (χ4v) is 2.62. The Kier molecular flexibility index (Phi) is 5.08. The highest BCUT2D eigenvalue weighted by molar-refractivity contribution is 5.47. The quantitative estimate of drug-likeness (QED) is 0.856. The first-order valence-corrected chi connectivity index (χ1v) is 7.32. The van der Waals surface area contributed by atoms with Gasteiger partial charge < -0.3 is 15.2 Å². The summed E-state index contributed by atoms with van der Waals surface area (Å²) < 4.78 is 11.6. The molecule has 0 aliphatic heterocycles. The van der Waals surface area contributed by atoms with Crippen molar-refractivity contribution in [1.29, 1.82) is 0 Å². The van der Waals surface area contributed by atoms with Crippen molar-refractivity contribution in [3.05, 3.63) is 23.8 Å². The van der Waals surface area contributed by atoms with Crippen molar-refractivity contribution >= 4 is 0 Å². The molecule has 1 saturated carbocycles. The minimum absolute atomic E-state index is 0.179. The van der Waals surface area contributed by atoms with Crippen molar-refractivity contribution in [2.24, 2.45) is 5.73 Å². The summed E-state index contributed by atoms with van der Waals surface area (Å²) in [6.07, 6.45) is 6.99. The van der Waals surface area contributed by atoms with Gasteiger partial charge in [-0.25, -0.2) is 0 Å². The lowest BCUT2D eigenvalue weighted by Crippen LogP contribution is -2.22. The molecule has 0 radical (unpaired) electrons. The van der Waals surface area contributed by atoms with Gasteiger partial charge in [-0.2, -0.15) is 0 Å². The van der Waals surface area contributed by atoms with Gasteiger partial charge in [0.05, 0.1) is 13.2 Å². The maximum atomic E-state index is 6.19. The van der Waals surface area contributed by atoms with Crippen molar-refractivity contribution in [3.8, 4) is 11.5 Å². The summed E-state index contributed by atoms with van der Waals surface area (Å²) in [7, 11) is 1.69. The zero-order chi connectivity index (χ0) is 13.7. The molecular weight excluding hydrogens is 238 g/mol. The third-order valence-electron chi connectivity index (χ3n) is 3.87.